The van der Waals surface area contributed by atoms with Gasteiger partial charge in [-0.25, -0.2) is 9.89 Å². The Labute approximate surface area is 123 Å². The molecule has 0 aliphatic rings. The zero-order valence-corrected chi connectivity index (χ0v) is 13.0. The summed E-state index contributed by atoms with van der Waals surface area (Å²) in [4.78, 5) is 12.4. The molecule has 0 spiro atoms. The first kappa shape index (κ1) is 14.4. The van der Waals surface area contributed by atoms with Crippen LogP contribution in [-0.2, 0) is 6.54 Å². The van der Waals surface area contributed by atoms with Gasteiger partial charge in [-0.05, 0) is 59.2 Å². The Morgan fingerprint density at radius 3 is 2.89 bits per heavy atom. The number of aliphatic hydroxyl groups is 1. The highest BCUT2D eigenvalue weighted by Gasteiger charge is 2.11. The predicted octanol–water partition coefficient (Wildman–Crippen LogP) is 2.56. The van der Waals surface area contributed by atoms with Crippen molar-refractivity contribution in [3.05, 3.63) is 38.7 Å². The van der Waals surface area contributed by atoms with Crippen molar-refractivity contribution < 1.29 is 5.11 Å². The van der Waals surface area contributed by atoms with Gasteiger partial charge < -0.3 is 5.11 Å². The van der Waals surface area contributed by atoms with Crippen molar-refractivity contribution in [1.82, 2.24) is 14.8 Å². The number of rotatable bonds is 4. The molecule has 0 saturated carbocycles. The highest BCUT2D eigenvalue weighted by molar-refractivity contribution is 9.10. The van der Waals surface area contributed by atoms with Crippen molar-refractivity contribution in [3.8, 4) is 0 Å². The third-order valence-corrected chi connectivity index (χ3v) is 4.67. The summed E-state index contributed by atoms with van der Waals surface area (Å²) in [6, 6.07) is 5.63. The van der Waals surface area contributed by atoms with Crippen molar-refractivity contribution in [2.24, 2.45) is 0 Å². The standard InChI is InChI=1S/C12H14BrN3O2S/c1-3-16-11(18)14-15-12(16)19-10-5-4-8(7(2)17)6-9(10)13/h4-7,17H,3H2,1-2H3,(H,14,18). The molecule has 0 aliphatic heterocycles. The average Bonchev–Trinajstić information content (AvgIpc) is 2.72. The van der Waals surface area contributed by atoms with Crippen LogP contribution in [-0.4, -0.2) is 19.9 Å². The average molecular weight is 344 g/mol. The lowest BCUT2D eigenvalue weighted by Crippen LogP contribution is -2.16. The summed E-state index contributed by atoms with van der Waals surface area (Å²) in [7, 11) is 0. The van der Waals surface area contributed by atoms with Crippen LogP contribution in [0.15, 0.2) is 37.5 Å². The number of aliphatic hydroxyl groups excluding tert-OH is 1. The molecular formula is C12H14BrN3O2S. The van der Waals surface area contributed by atoms with Crippen molar-refractivity contribution in [2.75, 3.05) is 0 Å². The first-order valence-corrected chi connectivity index (χ1v) is 7.44. The molecule has 0 saturated heterocycles. The normalized spacial score (nSPS) is 12.6. The summed E-state index contributed by atoms with van der Waals surface area (Å²) in [6.45, 7) is 4.19. The molecule has 0 aliphatic carbocycles. The van der Waals surface area contributed by atoms with Crippen LogP contribution in [0, 0.1) is 0 Å². The van der Waals surface area contributed by atoms with Gasteiger partial charge in [0.15, 0.2) is 5.16 Å². The maximum Gasteiger partial charge on any atom is 0.343 e. The number of nitrogens with zero attached hydrogens (tertiary/aromatic N) is 2. The zero-order valence-electron chi connectivity index (χ0n) is 10.6. The Hall–Kier alpha value is -1.05. The van der Waals surface area contributed by atoms with Crippen LogP contribution in [0.1, 0.15) is 25.5 Å². The van der Waals surface area contributed by atoms with Crippen LogP contribution in [0.3, 0.4) is 0 Å². The fourth-order valence-electron chi connectivity index (χ4n) is 1.62. The SMILES string of the molecule is CCn1c(Sc2ccc(C(C)O)cc2Br)n[nH]c1=O. The first-order chi connectivity index (χ1) is 9.02. The molecular weight excluding hydrogens is 330 g/mol. The van der Waals surface area contributed by atoms with Gasteiger partial charge in [0.2, 0.25) is 0 Å². The number of H-pyrrole nitrogens is 1. The molecule has 19 heavy (non-hydrogen) atoms. The second-order valence-electron chi connectivity index (χ2n) is 4.02. The van der Waals surface area contributed by atoms with Crippen molar-refractivity contribution in [3.63, 3.8) is 0 Å². The number of aromatic nitrogens is 3. The molecule has 7 heteroatoms. The van der Waals surface area contributed by atoms with Gasteiger partial charge in [0.25, 0.3) is 0 Å². The number of halogens is 1. The summed E-state index contributed by atoms with van der Waals surface area (Å²) in [5.41, 5.74) is 0.632. The largest absolute Gasteiger partial charge is 0.389 e. The van der Waals surface area contributed by atoms with Gasteiger partial charge >= 0.3 is 5.69 Å². The highest BCUT2D eigenvalue weighted by atomic mass is 79.9. The van der Waals surface area contributed by atoms with E-state index in [2.05, 4.69) is 26.1 Å². The van der Waals surface area contributed by atoms with E-state index in [1.165, 1.54) is 11.8 Å². The van der Waals surface area contributed by atoms with Crippen LogP contribution >= 0.6 is 27.7 Å². The summed E-state index contributed by atoms with van der Waals surface area (Å²) in [6.07, 6.45) is -0.505. The number of benzene rings is 1. The number of hydrogen-bond donors (Lipinski definition) is 2. The molecule has 1 aromatic carbocycles. The highest BCUT2D eigenvalue weighted by Crippen LogP contribution is 2.33. The quantitative estimate of drug-likeness (QED) is 0.894. The number of nitrogens with one attached hydrogen (secondary N) is 1. The van der Waals surface area contributed by atoms with E-state index < -0.39 is 6.10 Å². The van der Waals surface area contributed by atoms with Gasteiger partial charge in [0.1, 0.15) is 0 Å². The molecule has 2 aromatic rings. The lowest BCUT2D eigenvalue weighted by molar-refractivity contribution is 0.199. The van der Waals surface area contributed by atoms with Crippen LogP contribution in [0.2, 0.25) is 0 Å². The molecule has 0 bridgehead atoms. The van der Waals surface area contributed by atoms with Crippen LogP contribution in [0.5, 0.6) is 0 Å². The van der Waals surface area contributed by atoms with Gasteiger partial charge in [-0.3, -0.25) is 4.57 Å². The van der Waals surface area contributed by atoms with E-state index in [4.69, 9.17) is 0 Å². The predicted molar refractivity (Wildman–Crippen MR) is 77.4 cm³/mol. The zero-order chi connectivity index (χ0) is 14.0. The van der Waals surface area contributed by atoms with Crippen molar-refractivity contribution >= 4 is 27.7 Å². The minimum absolute atomic E-state index is 0.207. The molecule has 1 heterocycles. The minimum Gasteiger partial charge on any atom is -0.389 e. The van der Waals surface area contributed by atoms with Gasteiger partial charge in [0, 0.05) is 15.9 Å². The second kappa shape index (κ2) is 5.94. The molecule has 2 N–H and O–H groups in total. The smallest absolute Gasteiger partial charge is 0.343 e. The third-order valence-electron chi connectivity index (χ3n) is 2.68. The van der Waals surface area contributed by atoms with Crippen LogP contribution < -0.4 is 5.69 Å². The van der Waals surface area contributed by atoms with Crippen LogP contribution in [0.25, 0.3) is 0 Å². The maximum atomic E-state index is 11.5. The maximum absolute atomic E-state index is 11.5. The molecule has 5 nitrogen and oxygen atoms in total. The molecule has 0 fully saturated rings. The fraction of sp³-hybridized carbons (Fsp3) is 0.333. The number of hydrogen-bond acceptors (Lipinski definition) is 4. The van der Waals surface area contributed by atoms with Crippen molar-refractivity contribution in [1.29, 1.82) is 0 Å². The lowest BCUT2D eigenvalue weighted by atomic mass is 10.1. The van der Waals surface area contributed by atoms with Gasteiger partial charge in [-0.1, -0.05) is 6.07 Å². The van der Waals surface area contributed by atoms with E-state index in [0.717, 1.165) is 14.9 Å². The molecule has 1 unspecified atom stereocenters. The first-order valence-electron chi connectivity index (χ1n) is 5.83. The molecule has 2 rings (SSSR count). The molecule has 102 valence electrons. The molecule has 0 amide bonds. The Kier molecular flexibility index (Phi) is 4.49. The monoisotopic (exact) mass is 343 g/mol. The molecule has 1 aromatic heterocycles. The van der Waals surface area contributed by atoms with E-state index in [0.29, 0.717) is 11.7 Å². The van der Waals surface area contributed by atoms with E-state index in [-0.39, 0.29) is 5.69 Å². The Bertz CT molecular complexity index is 636. The summed E-state index contributed by atoms with van der Waals surface area (Å²) >= 11 is 4.87. The summed E-state index contributed by atoms with van der Waals surface area (Å²) in [5.74, 6) is 0. The Balaban J connectivity index is 2.31. The molecule has 0 radical (unpaired) electrons. The lowest BCUT2D eigenvalue weighted by Gasteiger charge is -2.08. The fourth-order valence-corrected chi connectivity index (χ4v) is 3.16. The Morgan fingerprint density at radius 1 is 1.58 bits per heavy atom. The second-order valence-corrected chi connectivity index (χ2v) is 5.89. The summed E-state index contributed by atoms with van der Waals surface area (Å²) in [5, 5.41) is 16.6. The third kappa shape index (κ3) is 3.10. The van der Waals surface area contributed by atoms with E-state index in [1.54, 1.807) is 11.5 Å². The Morgan fingerprint density at radius 2 is 2.32 bits per heavy atom. The van der Waals surface area contributed by atoms with Crippen molar-refractivity contribution in [2.45, 2.75) is 36.5 Å². The summed E-state index contributed by atoms with van der Waals surface area (Å²) < 4.78 is 2.44. The van der Waals surface area contributed by atoms with E-state index >= 15 is 0 Å². The number of aromatic amines is 1. The van der Waals surface area contributed by atoms with Gasteiger partial charge in [-0.15, -0.1) is 5.10 Å². The van der Waals surface area contributed by atoms with E-state index in [1.807, 2.05) is 25.1 Å². The van der Waals surface area contributed by atoms with Crippen LogP contribution in [0.4, 0.5) is 0 Å². The van der Waals surface area contributed by atoms with E-state index in [9.17, 15) is 9.90 Å². The molecule has 1 atom stereocenters. The van der Waals surface area contributed by atoms with Gasteiger partial charge in [0.05, 0.1) is 6.10 Å². The minimum atomic E-state index is -0.505. The topological polar surface area (TPSA) is 70.9 Å². The van der Waals surface area contributed by atoms with Gasteiger partial charge in [-0.2, -0.15) is 0 Å².